The van der Waals surface area contributed by atoms with Crippen molar-refractivity contribution < 1.29 is 4.79 Å². The van der Waals surface area contributed by atoms with Crippen LogP contribution in [0.15, 0.2) is 48.9 Å². The Kier molecular flexibility index (Phi) is 4.81. The van der Waals surface area contributed by atoms with Crippen LogP contribution in [0.3, 0.4) is 0 Å². The second kappa shape index (κ2) is 7.78. The van der Waals surface area contributed by atoms with Gasteiger partial charge < -0.3 is 10.2 Å². The van der Waals surface area contributed by atoms with Gasteiger partial charge in [0.05, 0.1) is 23.6 Å². The maximum Gasteiger partial charge on any atom is 0.256 e. The number of nitrogens with one attached hydrogen (secondary N) is 1. The molecule has 0 aliphatic carbocycles. The van der Waals surface area contributed by atoms with Gasteiger partial charge in [-0.3, -0.25) is 4.79 Å². The Morgan fingerprint density at radius 1 is 1.10 bits per heavy atom. The lowest BCUT2D eigenvalue weighted by Crippen LogP contribution is -2.50. The quantitative estimate of drug-likeness (QED) is 0.542. The number of aromatic nitrogens is 7. The van der Waals surface area contributed by atoms with Crippen molar-refractivity contribution in [3.8, 4) is 5.69 Å². The molecule has 31 heavy (non-hydrogen) atoms. The predicted octanol–water partition coefficient (Wildman–Crippen LogP) is 2.12. The summed E-state index contributed by atoms with van der Waals surface area (Å²) < 4.78 is 1.71. The van der Waals surface area contributed by atoms with Crippen molar-refractivity contribution >= 4 is 17.5 Å². The van der Waals surface area contributed by atoms with Gasteiger partial charge in [0.15, 0.2) is 5.65 Å². The van der Waals surface area contributed by atoms with Gasteiger partial charge >= 0.3 is 0 Å². The zero-order valence-electron chi connectivity index (χ0n) is 17.4. The Hall–Kier alpha value is -3.82. The van der Waals surface area contributed by atoms with Gasteiger partial charge in [-0.25, -0.2) is 9.97 Å². The second-order valence-electron chi connectivity index (χ2n) is 7.76. The summed E-state index contributed by atoms with van der Waals surface area (Å²) in [6.07, 6.45) is 6.73. The maximum atomic E-state index is 13.5. The van der Waals surface area contributed by atoms with Crippen LogP contribution in [0.4, 0.5) is 5.95 Å². The first-order valence-electron chi connectivity index (χ1n) is 10.3. The van der Waals surface area contributed by atoms with Gasteiger partial charge in [-0.1, -0.05) is 12.1 Å². The molecule has 4 aromatic rings. The highest BCUT2D eigenvalue weighted by molar-refractivity contribution is 5.98. The summed E-state index contributed by atoms with van der Waals surface area (Å²) in [5.74, 6) is 1.29. The van der Waals surface area contributed by atoms with E-state index in [9.17, 15) is 4.79 Å². The fourth-order valence-corrected chi connectivity index (χ4v) is 4.04. The number of hydrogen-bond acceptors (Lipinski definition) is 7. The van der Waals surface area contributed by atoms with Crippen molar-refractivity contribution in [3.63, 3.8) is 0 Å². The molecule has 0 radical (unpaired) electrons. The van der Waals surface area contributed by atoms with Gasteiger partial charge in [0.1, 0.15) is 5.82 Å². The number of nitrogens with zero attached hydrogens (tertiary/aromatic N) is 8. The summed E-state index contributed by atoms with van der Waals surface area (Å²) in [7, 11) is 0. The second-order valence-corrected chi connectivity index (χ2v) is 7.76. The van der Waals surface area contributed by atoms with Crippen LogP contribution in [-0.2, 0) is 0 Å². The first kappa shape index (κ1) is 19.2. The summed E-state index contributed by atoms with van der Waals surface area (Å²) in [5.41, 5.74) is 2.00. The van der Waals surface area contributed by atoms with Gasteiger partial charge in [0.25, 0.3) is 5.91 Å². The van der Waals surface area contributed by atoms with E-state index in [1.807, 2.05) is 42.2 Å². The molecule has 1 saturated heterocycles. The Labute approximate surface area is 178 Å². The van der Waals surface area contributed by atoms with E-state index >= 15 is 0 Å². The number of piperidine rings is 1. The lowest BCUT2D eigenvalue weighted by molar-refractivity contribution is 0.0621. The zero-order chi connectivity index (χ0) is 21.4. The molecular weight excluding hydrogens is 394 g/mol. The third-order valence-electron chi connectivity index (χ3n) is 5.60. The number of rotatable bonds is 4. The summed E-state index contributed by atoms with van der Waals surface area (Å²) in [6.45, 7) is 4.50. The topological polar surface area (TPSA) is 106 Å². The van der Waals surface area contributed by atoms with E-state index in [4.69, 9.17) is 0 Å². The molecule has 4 heterocycles. The van der Waals surface area contributed by atoms with E-state index in [2.05, 4.69) is 37.5 Å². The standard InChI is InChI=1S/C21H23N9O/c1-14-7-8-16(26-21-22-10-9-19-25-15(2)27-29(19)21)13-28(14)20(31)17-5-3-4-6-18(17)30-23-11-12-24-30/h3-6,9-12,14,16H,7-8,13H2,1-2H3,(H,22,26)/t14-,16-/m1/s1. The number of anilines is 1. The largest absolute Gasteiger partial charge is 0.350 e. The molecule has 2 atom stereocenters. The van der Waals surface area contributed by atoms with Crippen LogP contribution in [0.1, 0.15) is 35.9 Å². The molecule has 1 amide bonds. The number of amides is 1. The third kappa shape index (κ3) is 3.60. The fourth-order valence-electron chi connectivity index (χ4n) is 4.04. The first-order chi connectivity index (χ1) is 15.1. The van der Waals surface area contributed by atoms with Crippen LogP contribution in [-0.4, -0.2) is 64.0 Å². The van der Waals surface area contributed by atoms with E-state index in [-0.39, 0.29) is 18.0 Å². The lowest BCUT2D eigenvalue weighted by atomic mass is 9.98. The van der Waals surface area contributed by atoms with Gasteiger partial charge in [0.2, 0.25) is 5.95 Å². The number of hydrogen-bond donors (Lipinski definition) is 1. The monoisotopic (exact) mass is 417 g/mol. The number of carbonyl (C=O) groups is 1. The minimum absolute atomic E-state index is 0.0327. The van der Waals surface area contributed by atoms with Gasteiger partial charge in [0, 0.05) is 30.9 Å². The SMILES string of the molecule is Cc1nc2ccnc(N[C@@H]3CC[C@@H](C)N(C(=O)c4ccccc4-n4nccn4)C3)n2n1. The number of benzene rings is 1. The maximum absolute atomic E-state index is 13.5. The Morgan fingerprint density at radius 3 is 2.74 bits per heavy atom. The van der Waals surface area contributed by atoms with Crippen LogP contribution in [0.5, 0.6) is 0 Å². The molecule has 1 fully saturated rings. The van der Waals surface area contributed by atoms with E-state index in [0.29, 0.717) is 29.6 Å². The van der Waals surface area contributed by atoms with Crippen molar-refractivity contribution in [2.75, 3.05) is 11.9 Å². The average Bonchev–Trinajstić information content (AvgIpc) is 3.44. The highest BCUT2D eigenvalue weighted by atomic mass is 16.2. The van der Waals surface area contributed by atoms with Crippen molar-refractivity contribution in [2.45, 2.75) is 38.8 Å². The molecular formula is C21H23N9O. The molecule has 1 aliphatic rings. The average molecular weight is 417 g/mol. The number of carbonyl (C=O) groups excluding carboxylic acids is 1. The fraction of sp³-hybridized carbons (Fsp3) is 0.333. The zero-order valence-corrected chi connectivity index (χ0v) is 17.4. The normalized spacial score (nSPS) is 19.0. The van der Waals surface area contributed by atoms with Crippen molar-refractivity contribution in [1.29, 1.82) is 0 Å². The molecule has 1 N–H and O–H groups in total. The van der Waals surface area contributed by atoms with Gasteiger partial charge in [-0.15, -0.1) is 5.10 Å². The smallest absolute Gasteiger partial charge is 0.256 e. The summed E-state index contributed by atoms with van der Waals surface area (Å²) in [6, 6.07) is 9.43. The Bertz CT molecular complexity index is 1220. The molecule has 0 spiro atoms. The molecule has 1 aromatic carbocycles. The van der Waals surface area contributed by atoms with Crippen LogP contribution in [0, 0.1) is 6.92 Å². The number of likely N-dealkylation sites (tertiary alicyclic amines) is 1. The van der Waals surface area contributed by atoms with Crippen LogP contribution >= 0.6 is 0 Å². The molecule has 1 aliphatic heterocycles. The molecule has 5 rings (SSSR count). The predicted molar refractivity (Wildman–Crippen MR) is 114 cm³/mol. The van der Waals surface area contributed by atoms with E-state index in [1.165, 1.54) is 4.80 Å². The van der Waals surface area contributed by atoms with Crippen molar-refractivity contribution in [3.05, 3.63) is 60.3 Å². The molecule has 10 nitrogen and oxygen atoms in total. The third-order valence-corrected chi connectivity index (χ3v) is 5.60. The lowest BCUT2D eigenvalue weighted by Gasteiger charge is -2.38. The molecule has 0 bridgehead atoms. The molecule has 10 heteroatoms. The highest BCUT2D eigenvalue weighted by Crippen LogP contribution is 2.24. The Morgan fingerprint density at radius 2 is 1.90 bits per heavy atom. The van der Waals surface area contributed by atoms with Crippen LogP contribution < -0.4 is 5.32 Å². The Balaban J connectivity index is 1.40. The highest BCUT2D eigenvalue weighted by Gasteiger charge is 2.31. The van der Waals surface area contributed by atoms with E-state index in [1.54, 1.807) is 23.1 Å². The minimum atomic E-state index is -0.0327. The molecule has 158 valence electrons. The van der Waals surface area contributed by atoms with Crippen molar-refractivity contribution in [2.24, 2.45) is 0 Å². The summed E-state index contributed by atoms with van der Waals surface area (Å²) >= 11 is 0. The van der Waals surface area contributed by atoms with Crippen LogP contribution in [0.25, 0.3) is 11.3 Å². The van der Waals surface area contributed by atoms with Crippen molar-refractivity contribution in [1.82, 2.24) is 39.5 Å². The van der Waals surface area contributed by atoms with E-state index in [0.717, 1.165) is 18.5 Å². The molecule has 0 saturated carbocycles. The minimum Gasteiger partial charge on any atom is -0.350 e. The van der Waals surface area contributed by atoms with Crippen LogP contribution in [0.2, 0.25) is 0 Å². The number of fused-ring (bicyclic) bond motifs is 1. The van der Waals surface area contributed by atoms with E-state index < -0.39 is 0 Å². The molecule has 3 aromatic heterocycles. The summed E-state index contributed by atoms with van der Waals surface area (Å²) in [4.78, 5) is 25.7. The first-order valence-corrected chi connectivity index (χ1v) is 10.3. The molecule has 0 unspecified atom stereocenters. The van der Waals surface area contributed by atoms with Gasteiger partial charge in [-0.05, 0) is 38.8 Å². The number of para-hydroxylation sites is 1. The summed E-state index contributed by atoms with van der Waals surface area (Å²) in [5, 5.41) is 16.3. The number of aryl methyl sites for hydroxylation is 1. The van der Waals surface area contributed by atoms with Gasteiger partial charge in [-0.2, -0.15) is 19.5 Å².